The largest absolute Gasteiger partial charge is 0.496 e. The maximum Gasteiger partial charge on any atom is 0.254 e. The monoisotopic (exact) mass is 432 g/mol. The molecule has 2 aromatic carbocycles. The molecule has 162 valence electrons. The van der Waals surface area contributed by atoms with E-state index in [-0.39, 0.29) is 29.5 Å². The minimum atomic E-state index is -3.65. The van der Waals surface area contributed by atoms with E-state index in [1.54, 1.807) is 19.1 Å². The molecule has 0 bridgehead atoms. The lowest BCUT2D eigenvalue weighted by molar-refractivity contribution is 0.0741. The van der Waals surface area contributed by atoms with Crippen molar-refractivity contribution in [3.63, 3.8) is 0 Å². The van der Waals surface area contributed by atoms with Gasteiger partial charge in [0.25, 0.3) is 5.91 Å². The van der Waals surface area contributed by atoms with E-state index in [4.69, 9.17) is 9.47 Å². The van der Waals surface area contributed by atoms with Gasteiger partial charge >= 0.3 is 0 Å². The number of amides is 1. The Morgan fingerprint density at radius 3 is 2.57 bits per heavy atom. The first-order valence-electron chi connectivity index (χ1n) is 9.95. The van der Waals surface area contributed by atoms with E-state index in [9.17, 15) is 13.2 Å². The second-order valence-corrected chi connectivity index (χ2v) is 9.11. The lowest BCUT2D eigenvalue weighted by Gasteiger charge is -2.26. The fourth-order valence-electron chi connectivity index (χ4n) is 3.47. The van der Waals surface area contributed by atoms with Crippen molar-refractivity contribution in [2.75, 3.05) is 27.3 Å². The van der Waals surface area contributed by atoms with Gasteiger partial charge in [0.15, 0.2) is 0 Å². The van der Waals surface area contributed by atoms with E-state index in [1.165, 1.54) is 24.3 Å². The molecule has 2 unspecified atom stereocenters. The van der Waals surface area contributed by atoms with Crippen LogP contribution in [0.15, 0.2) is 53.4 Å². The minimum Gasteiger partial charge on any atom is -0.496 e. The molecule has 1 aliphatic rings. The Morgan fingerprint density at radius 2 is 1.93 bits per heavy atom. The second-order valence-electron chi connectivity index (χ2n) is 7.35. The van der Waals surface area contributed by atoms with Crippen molar-refractivity contribution in [2.24, 2.45) is 0 Å². The second kappa shape index (κ2) is 9.59. The average molecular weight is 433 g/mol. The molecule has 0 saturated carbocycles. The molecular formula is C22H28N2O5S. The van der Waals surface area contributed by atoms with Crippen molar-refractivity contribution in [2.45, 2.75) is 36.8 Å². The zero-order valence-corrected chi connectivity index (χ0v) is 18.3. The van der Waals surface area contributed by atoms with Crippen LogP contribution < -0.4 is 9.46 Å². The van der Waals surface area contributed by atoms with Gasteiger partial charge in [0.1, 0.15) is 5.75 Å². The summed E-state index contributed by atoms with van der Waals surface area (Å²) in [6, 6.07) is 13.3. The van der Waals surface area contributed by atoms with Crippen LogP contribution in [0.4, 0.5) is 0 Å². The van der Waals surface area contributed by atoms with Crippen LogP contribution in [0.3, 0.4) is 0 Å². The van der Waals surface area contributed by atoms with E-state index in [0.29, 0.717) is 17.9 Å². The zero-order valence-electron chi connectivity index (χ0n) is 17.5. The number of rotatable bonds is 8. The van der Waals surface area contributed by atoms with Gasteiger partial charge < -0.3 is 14.4 Å². The highest BCUT2D eigenvalue weighted by atomic mass is 32.2. The molecule has 7 nitrogen and oxygen atoms in total. The summed E-state index contributed by atoms with van der Waals surface area (Å²) < 4.78 is 38.4. The summed E-state index contributed by atoms with van der Waals surface area (Å²) in [5.74, 6) is 0.507. The first kappa shape index (κ1) is 22.3. The molecule has 1 fully saturated rings. The van der Waals surface area contributed by atoms with Gasteiger partial charge in [-0.05, 0) is 50.1 Å². The lowest BCUT2D eigenvalue weighted by Crippen LogP contribution is -2.32. The number of nitrogens with zero attached hydrogens (tertiary/aromatic N) is 1. The number of para-hydroxylation sites is 1. The summed E-state index contributed by atoms with van der Waals surface area (Å²) in [6.45, 7) is 2.84. The third kappa shape index (κ3) is 5.00. The maximum absolute atomic E-state index is 12.9. The number of ether oxygens (including phenoxy) is 2. The molecule has 0 spiro atoms. The predicted octanol–water partition coefficient (Wildman–Crippen LogP) is 2.99. The smallest absolute Gasteiger partial charge is 0.254 e. The topological polar surface area (TPSA) is 84.9 Å². The van der Waals surface area contributed by atoms with Gasteiger partial charge in [-0.25, -0.2) is 13.1 Å². The minimum absolute atomic E-state index is 0.0780. The molecule has 0 aromatic heterocycles. The summed E-state index contributed by atoms with van der Waals surface area (Å²) in [6.07, 6.45) is 1.72. The summed E-state index contributed by atoms with van der Waals surface area (Å²) in [4.78, 5) is 14.7. The normalized spacial score (nSPS) is 17.5. The fourth-order valence-corrected chi connectivity index (χ4v) is 4.53. The number of carbonyl (C=O) groups is 1. The number of hydrogen-bond acceptors (Lipinski definition) is 5. The maximum atomic E-state index is 12.9. The molecule has 3 rings (SSSR count). The molecule has 1 amide bonds. The average Bonchev–Trinajstić information content (AvgIpc) is 3.30. The highest BCUT2D eigenvalue weighted by Crippen LogP contribution is 2.29. The standard InChI is InChI=1S/C22H28N2O5S/c1-16(20-8-4-5-9-21(20)28-3)24(2)22(25)17-10-12-19(13-11-17)30(26,27)23-15-18-7-6-14-29-18/h4-5,8-13,16,18,23H,6-7,14-15H2,1-3H3. The molecule has 8 heteroatoms. The van der Waals surface area contributed by atoms with Crippen molar-refractivity contribution >= 4 is 15.9 Å². The van der Waals surface area contributed by atoms with Crippen LogP contribution in [0.1, 0.15) is 41.7 Å². The highest BCUT2D eigenvalue weighted by Gasteiger charge is 2.23. The van der Waals surface area contributed by atoms with Crippen LogP contribution >= 0.6 is 0 Å². The van der Waals surface area contributed by atoms with Gasteiger partial charge in [-0.15, -0.1) is 0 Å². The quantitative estimate of drug-likeness (QED) is 0.693. The summed E-state index contributed by atoms with van der Waals surface area (Å²) >= 11 is 0. The van der Waals surface area contributed by atoms with Crippen LogP contribution in [0.5, 0.6) is 5.75 Å². The molecule has 1 saturated heterocycles. The van der Waals surface area contributed by atoms with E-state index in [1.807, 2.05) is 31.2 Å². The Kier molecular flexibility index (Phi) is 7.12. The number of hydrogen-bond donors (Lipinski definition) is 1. The molecule has 2 aromatic rings. The number of methoxy groups -OCH3 is 1. The number of sulfonamides is 1. The molecule has 1 aliphatic heterocycles. The molecule has 2 atom stereocenters. The van der Waals surface area contributed by atoms with Crippen molar-refractivity contribution in [3.05, 3.63) is 59.7 Å². The molecule has 0 radical (unpaired) electrons. The number of benzene rings is 2. The van der Waals surface area contributed by atoms with Gasteiger partial charge in [0, 0.05) is 31.3 Å². The Morgan fingerprint density at radius 1 is 1.23 bits per heavy atom. The summed E-state index contributed by atoms with van der Waals surface area (Å²) in [7, 11) is -0.338. The Hall–Kier alpha value is -2.42. The first-order valence-corrected chi connectivity index (χ1v) is 11.4. The van der Waals surface area contributed by atoms with Gasteiger partial charge in [-0.1, -0.05) is 18.2 Å². The van der Waals surface area contributed by atoms with Crippen molar-refractivity contribution in [1.82, 2.24) is 9.62 Å². The van der Waals surface area contributed by atoms with Crippen molar-refractivity contribution in [1.29, 1.82) is 0 Å². The van der Waals surface area contributed by atoms with Crippen LogP contribution in [0.25, 0.3) is 0 Å². The Balaban J connectivity index is 1.69. The van der Waals surface area contributed by atoms with E-state index >= 15 is 0 Å². The number of carbonyl (C=O) groups excluding carboxylic acids is 1. The third-order valence-electron chi connectivity index (χ3n) is 5.43. The van der Waals surface area contributed by atoms with Gasteiger partial charge in [-0.3, -0.25) is 4.79 Å². The lowest BCUT2D eigenvalue weighted by atomic mass is 10.0. The van der Waals surface area contributed by atoms with E-state index in [2.05, 4.69) is 4.72 Å². The van der Waals surface area contributed by atoms with Gasteiger partial charge in [0.05, 0.1) is 24.2 Å². The van der Waals surface area contributed by atoms with Crippen LogP contribution in [0, 0.1) is 0 Å². The predicted molar refractivity (Wildman–Crippen MR) is 114 cm³/mol. The Bertz CT molecular complexity index is 969. The summed E-state index contributed by atoms with van der Waals surface area (Å²) in [5.41, 5.74) is 1.31. The highest BCUT2D eigenvalue weighted by molar-refractivity contribution is 7.89. The van der Waals surface area contributed by atoms with Crippen LogP contribution in [-0.2, 0) is 14.8 Å². The van der Waals surface area contributed by atoms with E-state index < -0.39 is 10.0 Å². The molecule has 0 aliphatic carbocycles. The Labute approximate surface area is 178 Å². The third-order valence-corrected chi connectivity index (χ3v) is 6.87. The van der Waals surface area contributed by atoms with E-state index in [0.717, 1.165) is 18.4 Å². The number of nitrogens with one attached hydrogen (secondary N) is 1. The summed E-state index contributed by atoms with van der Waals surface area (Å²) in [5, 5.41) is 0. The molecule has 1 heterocycles. The van der Waals surface area contributed by atoms with Crippen LogP contribution in [0.2, 0.25) is 0 Å². The first-order chi connectivity index (χ1) is 14.3. The van der Waals surface area contributed by atoms with Gasteiger partial charge in [-0.2, -0.15) is 0 Å². The molecule has 30 heavy (non-hydrogen) atoms. The molecule has 1 N–H and O–H groups in total. The van der Waals surface area contributed by atoms with Gasteiger partial charge in [0.2, 0.25) is 10.0 Å². The zero-order chi connectivity index (χ0) is 21.7. The fraction of sp³-hybridized carbons (Fsp3) is 0.409. The van der Waals surface area contributed by atoms with Crippen molar-refractivity contribution < 1.29 is 22.7 Å². The van der Waals surface area contributed by atoms with Crippen LogP contribution in [-0.4, -0.2) is 52.6 Å². The van der Waals surface area contributed by atoms with Crippen molar-refractivity contribution in [3.8, 4) is 5.75 Å². The SMILES string of the molecule is COc1ccccc1C(C)N(C)C(=O)c1ccc(S(=O)(=O)NCC2CCCO2)cc1. The molecular weight excluding hydrogens is 404 g/mol.